The summed E-state index contributed by atoms with van der Waals surface area (Å²) in [5.41, 5.74) is 7.03. The van der Waals surface area contributed by atoms with Crippen molar-refractivity contribution < 1.29 is 4.79 Å². The maximum absolute atomic E-state index is 12.3. The summed E-state index contributed by atoms with van der Waals surface area (Å²) in [7, 11) is 0. The zero-order valence-electron chi connectivity index (χ0n) is 12.8. The van der Waals surface area contributed by atoms with Gasteiger partial charge in [-0.15, -0.1) is 0 Å². The summed E-state index contributed by atoms with van der Waals surface area (Å²) in [5, 5.41) is 0.758. The van der Waals surface area contributed by atoms with E-state index in [1.807, 2.05) is 29.2 Å². The fourth-order valence-electron chi connectivity index (χ4n) is 2.72. The molecule has 1 saturated heterocycles. The third kappa shape index (κ3) is 4.11. The molecule has 5 heteroatoms. The number of hydrogen-bond donors (Lipinski definition) is 1. The lowest BCUT2D eigenvalue weighted by Crippen LogP contribution is -2.53. The average molecular weight is 310 g/mol. The SMILES string of the molecule is CC(C)CC(N)C(=O)N1CCN(c2ccccc2Cl)CC1. The highest BCUT2D eigenvalue weighted by Gasteiger charge is 2.26. The molecule has 0 saturated carbocycles. The van der Waals surface area contributed by atoms with Crippen LogP contribution in [0.15, 0.2) is 24.3 Å². The van der Waals surface area contributed by atoms with E-state index in [4.69, 9.17) is 17.3 Å². The Morgan fingerprint density at radius 2 is 1.86 bits per heavy atom. The molecule has 21 heavy (non-hydrogen) atoms. The summed E-state index contributed by atoms with van der Waals surface area (Å²) >= 11 is 6.22. The zero-order valence-corrected chi connectivity index (χ0v) is 13.5. The molecule has 0 spiro atoms. The molecule has 1 aromatic rings. The van der Waals surface area contributed by atoms with Crippen molar-refractivity contribution in [3.8, 4) is 0 Å². The lowest BCUT2D eigenvalue weighted by atomic mass is 10.0. The molecule has 1 atom stereocenters. The molecule has 2 rings (SSSR count). The van der Waals surface area contributed by atoms with Crippen molar-refractivity contribution in [2.24, 2.45) is 11.7 Å². The van der Waals surface area contributed by atoms with Crippen LogP contribution in [-0.2, 0) is 4.79 Å². The largest absolute Gasteiger partial charge is 0.367 e. The quantitative estimate of drug-likeness (QED) is 0.929. The molecule has 1 heterocycles. The Balaban J connectivity index is 1.91. The Kier molecular flexibility index (Phi) is 5.48. The number of rotatable bonds is 4. The molecule has 1 amide bonds. The number of nitrogens with two attached hydrogens (primary N) is 1. The summed E-state index contributed by atoms with van der Waals surface area (Å²) < 4.78 is 0. The summed E-state index contributed by atoms with van der Waals surface area (Å²) in [6, 6.07) is 7.45. The first-order valence-corrected chi connectivity index (χ1v) is 7.90. The van der Waals surface area contributed by atoms with Crippen molar-refractivity contribution in [3.05, 3.63) is 29.3 Å². The predicted octanol–water partition coefficient (Wildman–Crippen LogP) is 2.36. The number of carbonyl (C=O) groups excluding carboxylic acids is 1. The van der Waals surface area contributed by atoms with E-state index >= 15 is 0 Å². The first kappa shape index (κ1) is 16.1. The number of halogens is 1. The highest BCUT2D eigenvalue weighted by molar-refractivity contribution is 6.33. The topological polar surface area (TPSA) is 49.6 Å². The maximum atomic E-state index is 12.3. The Labute approximate surface area is 131 Å². The van der Waals surface area contributed by atoms with Crippen LogP contribution >= 0.6 is 11.6 Å². The molecule has 2 N–H and O–H groups in total. The minimum atomic E-state index is -0.378. The third-order valence-corrected chi connectivity index (χ3v) is 4.15. The molecule has 0 aliphatic carbocycles. The number of anilines is 1. The van der Waals surface area contributed by atoms with Crippen LogP contribution in [0, 0.1) is 5.92 Å². The van der Waals surface area contributed by atoms with Gasteiger partial charge < -0.3 is 15.5 Å². The second-order valence-corrected chi connectivity index (χ2v) is 6.41. The van der Waals surface area contributed by atoms with E-state index in [-0.39, 0.29) is 11.9 Å². The van der Waals surface area contributed by atoms with Crippen molar-refractivity contribution in [3.63, 3.8) is 0 Å². The fourth-order valence-corrected chi connectivity index (χ4v) is 2.97. The van der Waals surface area contributed by atoms with Gasteiger partial charge in [0.25, 0.3) is 0 Å². The number of para-hydroxylation sites is 1. The number of benzene rings is 1. The standard InChI is InChI=1S/C16H24ClN3O/c1-12(2)11-14(18)16(21)20-9-7-19(8-10-20)15-6-4-3-5-13(15)17/h3-6,12,14H,7-11,18H2,1-2H3. The third-order valence-electron chi connectivity index (χ3n) is 3.83. The van der Waals surface area contributed by atoms with E-state index in [1.165, 1.54) is 0 Å². The molecule has 0 aromatic heterocycles. The van der Waals surface area contributed by atoms with Crippen molar-refractivity contribution >= 4 is 23.2 Å². The molecule has 0 bridgehead atoms. The normalized spacial score (nSPS) is 17.2. The molecule has 1 aliphatic heterocycles. The smallest absolute Gasteiger partial charge is 0.239 e. The van der Waals surface area contributed by atoms with Gasteiger partial charge in [-0.25, -0.2) is 0 Å². The summed E-state index contributed by atoms with van der Waals surface area (Å²) in [5.74, 6) is 0.510. The van der Waals surface area contributed by atoms with Crippen molar-refractivity contribution in [2.45, 2.75) is 26.3 Å². The molecule has 1 fully saturated rings. The van der Waals surface area contributed by atoms with Gasteiger partial charge in [0.05, 0.1) is 16.8 Å². The maximum Gasteiger partial charge on any atom is 0.239 e. The van der Waals surface area contributed by atoms with Crippen LogP contribution in [0.3, 0.4) is 0 Å². The molecule has 116 valence electrons. The second kappa shape index (κ2) is 7.14. The van der Waals surface area contributed by atoms with Crippen molar-refractivity contribution in [2.75, 3.05) is 31.1 Å². The van der Waals surface area contributed by atoms with Gasteiger partial charge in [-0.3, -0.25) is 4.79 Å². The number of piperazine rings is 1. The Morgan fingerprint density at radius 1 is 1.24 bits per heavy atom. The molecule has 4 nitrogen and oxygen atoms in total. The summed E-state index contributed by atoms with van der Waals surface area (Å²) in [6.45, 7) is 7.17. The van der Waals surface area contributed by atoms with Gasteiger partial charge in [0, 0.05) is 26.2 Å². The number of hydrogen-bond acceptors (Lipinski definition) is 3. The van der Waals surface area contributed by atoms with Crippen LogP contribution in [0.1, 0.15) is 20.3 Å². The first-order valence-electron chi connectivity index (χ1n) is 7.53. The van der Waals surface area contributed by atoms with E-state index in [2.05, 4.69) is 18.7 Å². The minimum Gasteiger partial charge on any atom is -0.367 e. The number of carbonyl (C=O) groups is 1. The highest BCUT2D eigenvalue weighted by Crippen LogP contribution is 2.26. The lowest BCUT2D eigenvalue weighted by molar-refractivity contribution is -0.133. The summed E-state index contributed by atoms with van der Waals surface area (Å²) in [4.78, 5) is 16.4. The molecular weight excluding hydrogens is 286 g/mol. The van der Waals surface area contributed by atoms with Crippen molar-refractivity contribution in [1.29, 1.82) is 0 Å². The minimum absolute atomic E-state index is 0.0718. The van der Waals surface area contributed by atoms with Crippen molar-refractivity contribution in [1.82, 2.24) is 4.90 Å². The Morgan fingerprint density at radius 3 is 2.43 bits per heavy atom. The molecule has 0 radical (unpaired) electrons. The van der Waals surface area contributed by atoms with E-state index in [0.29, 0.717) is 19.0 Å². The summed E-state index contributed by atoms with van der Waals surface area (Å²) in [6.07, 6.45) is 0.740. The van der Waals surface area contributed by atoms with Gasteiger partial charge in [-0.05, 0) is 24.5 Å². The second-order valence-electron chi connectivity index (χ2n) is 6.00. The monoisotopic (exact) mass is 309 g/mol. The van der Waals surface area contributed by atoms with Gasteiger partial charge in [0.1, 0.15) is 0 Å². The van der Waals surface area contributed by atoms with Gasteiger partial charge in [0.2, 0.25) is 5.91 Å². The van der Waals surface area contributed by atoms with E-state index in [0.717, 1.165) is 30.2 Å². The van der Waals surface area contributed by atoms with E-state index in [1.54, 1.807) is 0 Å². The highest BCUT2D eigenvalue weighted by atomic mass is 35.5. The van der Waals surface area contributed by atoms with Crippen LogP contribution in [0.25, 0.3) is 0 Å². The zero-order chi connectivity index (χ0) is 15.4. The van der Waals surface area contributed by atoms with Crippen LogP contribution < -0.4 is 10.6 Å². The van der Waals surface area contributed by atoms with Crippen LogP contribution in [0.4, 0.5) is 5.69 Å². The van der Waals surface area contributed by atoms with Gasteiger partial charge in [-0.1, -0.05) is 37.6 Å². The first-order chi connectivity index (χ1) is 9.99. The number of amides is 1. The van der Waals surface area contributed by atoms with Crippen LogP contribution in [-0.4, -0.2) is 43.0 Å². The van der Waals surface area contributed by atoms with Crippen LogP contribution in [0.2, 0.25) is 5.02 Å². The number of nitrogens with zero attached hydrogens (tertiary/aromatic N) is 2. The Bertz CT molecular complexity index is 484. The Hall–Kier alpha value is -1.26. The molecule has 1 aromatic carbocycles. The van der Waals surface area contributed by atoms with Gasteiger partial charge in [0.15, 0.2) is 0 Å². The average Bonchev–Trinajstić information content (AvgIpc) is 2.46. The fraction of sp³-hybridized carbons (Fsp3) is 0.562. The predicted molar refractivity (Wildman–Crippen MR) is 87.7 cm³/mol. The molecular formula is C16H24ClN3O. The van der Waals surface area contributed by atoms with Gasteiger partial charge in [-0.2, -0.15) is 0 Å². The molecule has 1 unspecified atom stereocenters. The van der Waals surface area contributed by atoms with Gasteiger partial charge >= 0.3 is 0 Å². The molecule has 1 aliphatic rings. The van der Waals surface area contributed by atoms with E-state index in [9.17, 15) is 4.79 Å². The lowest BCUT2D eigenvalue weighted by Gasteiger charge is -2.37. The van der Waals surface area contributed by atoms with E-state index < -0.39 is 0 Å². The van der Waals surface area contributed by atoms with Crippen LogP contribution in [0.5, 0.6) is 0 Å².